The van der Waals surface area contributed by atoms with Gasteiger partial charge in [0.1, 0.15) is 0 Å². The molecule has 115 heavy (non-hydrogen) atoms. The Morgan fingerprint density at radius 2 is 0.626 bits per heavy atom. The zero-order chi connectivity index (χ0) is 76.4. The quantitative estimate of drug-likeness (QED) is 0.0845. The lowest BCUT2D eigenvalue weighted by Crippen LogP contribution is -2.61. The summed E-state index contributed by atoms with van der Waals surface area (Å²) in [4.78, 5) is 7.89. The van der Waals surface area contributed by atoms with Gasteiger partial charge in [0.05, 0.1) is 28.1 Å². The normalized spacial score (nSPS) is 12.4. The van der Waals surface area contributed by atoms with Crippen LogP contribution in [0.15, 0.2) is 413 Å². The predicted octanol–water partition coefficient (Wildman–Crippen LogP) is 28.2. The van der Waals surface area contributed by atoms with Crippen LogP contribution in [-0.4, -0.2) is 11.3 Å². The van der Waals surface area contributed by atoms with E-state index in [1.807, 2.05) is 0 Å². The van der Waals surface area contributed by atoms with Crippen molar-refractivity contribution in [3.63, 3.8) is 0 Å². The molecule has 19 aromatic carbocycles. The standard InChI is InChI=1S/C110H77BN4/c1-110(2,3)86-66-83-50-48-81-64-85(65-82-49-51-84(67-86)106(83)105(81)82)80-56-63-101-98(68-80)111-97-62-61-89(113-99-46-24-22-40-95(99)96-41-23-25-47-100(96)113)69-102(97)115(109-93(78-36-18-8-19-37-78)44-27-45-94(109)79-38-20-9-21-39-79)104-71-90(70-103(107(104)111)114(101)108-91(76-32-14-6-15-33-76)42-26-43-92(108)77-34-16-7-17-35-77)112(87-57-52-74(53-58-87)72-28-10-4-11-29-72)88-59-54-75(55-60-88)73-30-12-5-13-31-73/h4-71H,1-3H3. The van der Waals surface area contributed by atoms with E-state index >= 15 is 0 Å². The largest absolute Gasteiger partial charge is 0.310 e. The highest BCUT2D eigenvalue weighted by molar-refractivity contribution is 7.00. The summed E-state index contributed by atoms with van der Waals surface area (Å²) in [5, 5.41) is 10.1. The number of hydrogen-bond acceptors (Lipinski definition) is 3. The van der Waals surface area contributed by atoms with E-state index in [4.69, 9.17) is 0 Å². The van der Waals surface area contributed by atoms with Gasteiger partial charge in [-0.25, -0.2) is 0 Å². The summed E-state index contributed by atoms with van der Waals surface area (Å²) in [5.41, 5.74) is 33.7. The number of anilines is 9. The molecule has 5 heteroatoms. The third-order valence-electron chi connectivity index (χ3n) is 24.2. The number of hydrogen-bond donors (Lipinski definition) is 0. The van der Waals surface area contributed by atoms with Gasteiger partial charge < -0.3 is 19.3 Å². The van der Waals surface area contributed by atoms with E-state index < -0.39 is 0 Å². The average molecular weight is 1470 g/mol. The molecule has 1 aromatic heterocycles. The summed E-state index contributed by atoms with van der Waals surface area (Å²) in [6.07, 6.45) is 0. The number of fused-ring (bicyclic) bond motifs is 7. The first-order chi connectivity index (χ1) is 56.7. The Labute approximate surface area is 671 Å². The maximum atomic E-state index is 2.70. The van der Waals surface area contributed by atoms with Crippen molar-refractivity contribution >= 4 is 128 Å². The van der Waals surface area contributed by atoms with Crippen LogP contribution in [0.5, 0.6) is 0 Å². The molecule has 0 saturated heterocycles. The van der Waals surface area contributed by atoms with Gasteiger partial charge in [-0.3, -0.25) is 0 Å². The van der Waals surface area contributed by atoms with Crippen molar-refractivity contribution in [1.82, 2.24) is 4.57 Å². The highest BCUT2D eigenvalue weighted by Crippen LogP contribution is 2.56. The summed E-state index contributed by atoms with van der Waals surface area (Å²) in [5.74, 6) is 0. The van der Waals surface area contributed by atoms with Gasteiger partial charge in [-0.2, -0.15) is 0 Å². The molecule has 0 N–H and O–H groups in total. The molecule has 0 fully saturated rings. The van der Waals surface area contributed by atoms with E-state index in [1.54, 1.807) is 0 Å². The molecular weight excluding hydrogens is 1390 g/mol. The zero-order valence-electron chi connectivity index (χ0n) is 64.1. The summed E-state index contributed by atoms with van der Waals surface area (Å²) >= 11 is 0. The van der Waals surface area contributed by atoms with Gasteiger partial charge in [0.25, 0.3) is 6.71 Å². The Kier molecular flexibility index (Phi) is 15.9. The molecule has 0 unspecified atom stereocenters. The molecular formula is C110H77BN4. The minimum absolute atomic E-state index is 0.00559. The fourth-order valence-corrected chi connectivity index (χ4v) is 18.8. The molecule has 2 aliphatic rings. The van der Waals surface area contributed by atoms with E-state index in [9.17, 15) is 0 Å². The highest BCUT2D eigenvalue weighted by Gasteiger charge is 2.46. The summed E-state index contributed by atoms with van der Waals surface area (Å²) in [7, 11) is 0. The van der Waals surface area contributed by atoms with Crippen molar-refractivity contribution < 1.29 is 0 Å². The van der Waals surface area contributed by atoms with Gasteiger partial charge in [-0.05, 0) is 194 Å². The van der Waals surface area contributed by atoms with Crippen molar-refractivity contribution in [3.8, 4) is 83.6 Å². The molecule has 3 heterocycles. The lowest BCUT2D eigenvalue weighted by Gasteiger charge is -2.46. The number of nitrogens with zero attached hydrogens (tertiary/aromatic N) is 4. The van der Waals surface area contributed by atoms with Gasteiger partial charge in [0, 0.05) is 72.8 Å². The third kappa shape index (κ3) is 11.3. The molecule has 4 nitrogen and oxygen atoms in total. The smallest absolute Gasteiger partial charge is 0.252 e. The summed E-state index contributed by atoms with van der Waals surface area (Å²) < 4.78 is 2.50. The molecule has 0 atom stereocenters. The van der Waals surface area contributed by atoms with Crippen LogP contribution in [0.3, 0.4) is 0 Å². The summed E-state index contributed by atoms with van der Waals surface area (Å²) in [6, 6.07) is 155. The molecule has 0 radical (unpaired) electrons. The molecule has 0 amide bonds. The first-order valence-corrected chi connectivity index (χ1v) is 40.1. The Balaban J connectivity index is 0.896. The van der Waals surface area contributed by atoms with Gasteiger partial charge in [0.2, 0.25) is 0 Å². The van der Waals surface area contributed by atoms with E-state index in [1.165, 1.54) is 70.6 Å². The minimum Gasteiger partial charge on any atom is -0.310 e. The van der Waals surface area contributed by atoms with Crippen molar-refractivity contribution in [1.29, 1.82) is 0 Å². The van der Waals surface area contributed by atoms with Crippen LogP contribution in [0.4, 0.5) is 51.2 Å². The van der Waals surface area contributed by atoms with Crippen molar-refractivity contribution in [3.05, 3.63) is 418 Å². The number of para-hydroxylation sites is 4. The molecule has 0 bridgehead atoms. The van der Waals surface area contributed by atoms with Crippen LogP contribution >= 0.6 is 0 Å². The summed E-state index contributed by atoms with van der Waals surface area (Å²) in [6.45, 7) is 6.62. The van der Waals surface area contributed by atoms with Crippen LogP contribution in [0.2, 0.25) is 0 Å². The van der Waals surface area contributed by atoms with Gasteiger partial charge in [-0.15, -0.1) is 0 Å². The fraction of sp³-hybridized carbons (Fsp3) is 0.0364. The van der Waals surface area contributed by atoms with E-state index in [-0.39, 0.29) is 12.1 Å². The molecule has 0 spiro atoms. The molecule has 22 rings (SSSR count). The van der Waals surface area contributed by atoms with Crippen molar-refractivity contribution in [2.75, 3.05) is 14.7 Å². The monoisotopic (exact) mass is 1460 g/mol. The molecule has 0 saturated carbocycles. The topological polar surface area (TPSA) is 14.7 Å². The van der Waals surface area contributed by atoms with Crippen LogP contribution in [0, 0.1) is 0 Å². The maximum Gasteiger partial charge on any atom is 0.252 e. The Hall–Kier alpha value is -14.5. The molecule has 0 aliphatic carbocycles. The second kappa shape index (κ2) is 27.2. The molecule has 540 valence electrons. The number of aromatic nitrogens is 1. The van der Waals surface area contributed by atoms with Crippen molar-refractivity contribution in [2.24, 2.45) is 0 Å². The third-order valence-corrected chi connectivity index (χ3v) is 24.2. The lowest BCUT2D eigenvalue weighted by atomic mass is 9.33. The Morgan fingerprint density at radius 3 is 1.05 bits per heavy atom. The highest BCUT2D eigenvalue weighted by atomic mass is 15.2. The van der Waals surface area contributed by atoms with Crippen molar-refractivity contribution in [2.45, 2.75) is 26.2 Å². The minimum atomic E-state index is -0.331. The number of rotatable bonds is 13. The fourth-order valence-electron chi connectivity index (χ4n) is 18.8. The van der Waals surface area contributed by atoms with Gasteiger partial charge in [0.15, 0.2) is 0 Å². The average Bonchev–Trinajstić information content (AvgIpc) is 0.936. The second-order valence-corrected chi connectivity index (χ2v) is 31.9. The first kappa shape index (κ1) is 67.4. The predicted molar refractivity (Wildman–Crippen MR) is 490 cm³/mol. The Bertz CT molecular complexity index is 6840. The number of benzene rings is 19. The maximum absolute atomic E-state index is 2.70. The zero-order valence-corrected chi connectivity index (χ0v) is 64.1. The van der Waals surface area contributed by atoms with E-state index in [0.717, 1.165) is 140 Å². The van der Waals surface area contributed by atoms with E-state index in [0.29, 0.717) is 0 Å². The Morgan fingerprint density at radius 1 is 0.252 bits per heavy atom. The molecule has 20 aromatic rings. The second-order valence-electron chi connectivity index (χ2n) is 31.9. The van der Waals surface area contributed by atoms with Crippen LogP contribution in [0.25, 0.3) is 138 Å². The van der Waals surface area contributed by atoms with Gasteiger partial charge >= 0.3 is 0 Å². The van der Waals surface area contributed by atoms with E-state index in [2.05, 4.69) is 453 Å². The first-order valence-electron chi connectivity index (χ1n) is 40.1. The lowest BCUT2D eigenvalue weighted by molar-refractivity contribution is 0.591. The van der Waals surface area contributed by atoms with Crippen LogP contribution in [0.1, 0.15) is 26.3 Å². The SMILES string of the molecule is CC(C)(C)c1cc2ccc3cc(-c4ccc5c(c4)B4c6ccc(-n7c8ccccc8c8ccccc87)cc6N(c6c(-c7ccccc7)cccc6-c6ccccc6)c6cc(N(c7ccc(-c8ccccc8)cc7)c7ccc(-c8ccccc8)cc7)cc(c64)N5c4c(-c5ccccc5)cccc4-c4ccccc4)cc4ccc(c1)c2c34. The van der Waals surface area contributed by atoms with Gasteiger partial charge in [-0.1, -0.05) is 354 Å². The molecule has 2 aliphatic heterocycles. The van der Waals surface area contributed by atoms with Crippen LogP contribution < -0.4 is 31.1 Å². The van der Waals surface area contributed by atoms with Crippen LogP contribution in [-0.2, 0) is 5.41 Å².